The Morgan fingerprint density at radius 1 is 1.14 bits per heavy atom. The molecular weight excluding hydrogens is 303 g/mol. The zero-order valence-corrected chi connectivity index (χ0v) is 13.1. The van der Waals surface area contributed by atoms with Crippen molar-refractivity contribution in [2.24, 2.45) is 0 Å². The van der Waals surface area contributed by atoms with Crippen LogP contribution < -0.4 is 9.47 Å². The molecule has 2 rings (SSSR count). The topological polar surface area (TPSA) is 35.5 Å². The fraction of sp³-hybridized carbons (Fsp3) is 0.235. The normalized spacial score (nSPS) is 10.3. The predicted molar refractivity (Wildman–Crippen MR) is 86.4 cm³/mol. The maximum Gasteiger partial charge on any atom is 0.161 e. The maximum absolute atomic E-state index is 12.8. The Hall–Kier alpha value is -2.01. The number of hydrogen-bond acceptors (Lipinski definition) is 4. The number of halogens is 1. The summed E-state index contributed by atoms with van der Waals surface area (Å²) < 4.78 is 23.6. The largest absolute Gasteiger partial charge is 0.493 e. The second-order valence-electron chi connectivity index (χ2n) is 4.56. The molecule has 0 heterocycles. The van der Waals surface area contributed by atoms with Crippen LogP contribution in [0.4, 0.5) is 4.39 Å². The van der Waals surface area contributed by atoms with Crippen molar-refractivity contribution in [1.82, 2.24) is 0 Å². The molecule has 0 aromatic heterocycles. The molecule has 0 atom stereocenters. The number of aldehydes is 1. The third kappa shape index (κ3) is 4.77. The zero-order valence-electron chi connectivity index (χ0n) is 12.3. The van der Waals surface area contributed by atoms with Gasteiger partial charge < -0.3 is 9.47 Å². The van der Waals surface area contributed by atoms with E-state index in [0.29, 0.717) is 23.7 Å². The lowest BCUT2D eigenvalue weighted by atomic mass is 10.2. The molecule has 0 radical (unpaired) electrons. The summed E-state index contributed by atoms with van der Waals surface area (Å²) in [5.74, 6) is 2.56. The summed E-state index contributed by atoms with van der Waals surface area (Å²) in [6.45, 7) is 0.530. The summed E-state index contributed by atoms with van der Waals surface area (Å²) in [5, 5.41) is 0. The van der Waals surface area contributed by atoms with Crippen molar-refractivity contribution in [3.8, 4) is 11.5 Å². The van der Waals surface area contributed by atoms with Crippen molar-refractivity contribution >= 4 is 18.0 Å². The lowest BCUT2D eigenvalue weighted by Crippen LogP contribution is -2.02. The first-order valence-electron chi connectivity index (χ1n) is 6.81. The smallest absolute Gasteiger partial charge is 0.161 e. The molecule has 5 heteroatoms. The summed E-state index contributed by atoms with van der Waals surface area (Å²) in [4.78, 5) is 10.7. The van der Waals surface area contributed by atoms with E-state index < -0.39 is 0 Å². The monoisotopic (exact) mass is 320 g/mol. The predicted octanol–water partition coefficient (Wildman–Crippen LogP) is 3.96. The second-order valence-corrected chi connectivity index (χ2v) is 5.66. The lowest BCUT2D eigenvalue weighted by Gasteiger charge is -2.10. The molecule has 2 aromatic rings. The van der Waals surface area contributed by atoms with Crippen LogP contribution in [0.5, 0.6) is 11.5 Å². The Morgan fingerprint density at radius 2 is 1.91 bits per heavy atom. The number of benzene rings is 2. The lowest BCUT2D eigenvalue weighted by molar-refractivity contribution is 0.112. The molecule has 0 aliphatic heterocycles. The van der Waals surface area contributed by atoms with Crippen LogP contribution in [0, 0.1) is 5.82 Å². The Labute approximate surface area is 133 Å². The van der Waals surface area contributed by atoms with E-state index in [-0.39, 0.29) is 5.82 Å². The van der Waals surface area contributed by atoms with E-state index in [9.17, 15) is 9.18 Å². The minimum Gasteiger partial charge on any atom is -0.493 e. The molecule has 0 fully saturated rings. The molecule has 2 aromatic carbocycles. The molecule has 0 saturated heterocycles. The Kier molecular flexibility index (Phi) is 6.27. The van der Waals surface area contributed by atoms with E-state index in [0.717, 1.165) is 23.4 Å². The standard InChI is InChI=1S/C17H17FO3S/c1-20-17-10-14(11-19)4-7-16(17)21-8-9-22-12-13-2-5-15(18)6-3-13/h2-7,10-11H,8-9,12H2,1H3. The first-order chi connectivity index (χ1) is 10.7. The molecule has 0 saturated carbocycles. The summed E-state index contributed by atoms with van der Waals surface area (Å²) in [7, 11) is 1.54. The van der Waals surface area contributed by atoms with Gasteiger partial charge in [0.05, 0.1) is 13.7 Å². The van der Waals surface area contributed by atoms with Crippen molar-refractivity contribution in [2.45, 2.75) is 5.75 Å². The third-order valence-electron chi connectivity index (χ3n) is 2.99. The van der Waals surface area contributed by atoms with Crippen LogP contribution >= 0.6 is 11.8 Å². The van der Waals surface area contributed by atoms with Crippen molar-refractivity contribution in [1.29, 1.82) is 0 Å². The van der Waals surface area contributed by atoms with Crippen LogP contribution in [-0.2, 0) is 5.75 Å². The van der Waals surface area contributed by atoms with Crippen LogP contribution in [0.2, 0.25) is 0 Å². The molecule has 22 heavy (non-hydrogen) atoms. The molecular formula is C17H17FO3S. The van der Waals surface area contributed by atoms with Crippen LogP contribution in [0.1, 0.15) is 15.9 Å². The number of ether oxygens (including phenoxy) is 2. The van der Waals surface area contributed by atoms with Gasteiger partial charge in [-0.1, -0.05) is 12.1 Å². The van der Waals surface area contributed by atoms with Gasteiger partial charge in [-0.05, 0) is 35.9 Å². The Bertz CT molecular complexity index is 614. The average Bonchev–Trinajstić information content (AvgIpc) is 2.56. The van der Waals surface area contributed by atoms with Crippen molar-refractivity contribution in [3.05, 3.63) is 59.4 Å². The van der Waals surface area contributed by atoms with E-state index in [1.807, 2.05) is 0 Å². The maximum atomic E-state index is 12.8. The highest BCUT2D eigenvalue weighted by Gasteiger charge is 2.05. The number of hydrogen-bond donors (Lipinski definition) is 0. The van der Waals surface area contributed by atoms with Gasteiger partial charge in [-0.25, -0.2) is 4.39 Å². The minimum atomic E-state index is -0.219. The highest BCUT2D eigenvalue weighted by molar-refractivity contribution is 7.98. The van der Waals surface area contributed by atoms with Gasteiger partial charge in [0.25, 0.3) is 0 Å². The van der Waals surface area contributed by atoms with Crippen LogP contribution in [0.3, 0.4) is 0 Å². The van der Waals surface area contributed by atoms with Crippen molar-refractivity contribution in [2.75, 3.05) is 19.5 Å². The second kappa shape index (κ2) is 8.44. The average molecular weight is 320 g/mol. The minimum absolute atomic E-state index is 0.219. The number of rotatable bonds is 8. The van der Waals surface area contributed by atoms with Gasteiger partial charge in [0.2, 0.25) is 0 Å². The highest BCUT2D eigenvalue weighted by atomic mass is 32.2. The first kappa shape index (κ1) is 16.4. The SMILES string of the molecule is COc1cc(C=O)ccc1OCCSCc1ccc(F)cc1. The number of carbonyl (C=O) groups is 1. The van der Waals surface area contributed by atoms with Gasteiger partial charge in [0, 0.05) is 17.1 Å². The zero-order chi connectivity index (χ0) is 15.8. The molecule has 3 nitrogen and oxygen atoms in total. The number of thioether (sulfide) groups is 1. The first-order valence-corrected chi connectivity index (χ1v) is 7.96. The van der Waals surface area contributed by atoms with E-state index in [1.54, 1.807) is 49.2 Å². The molecule has 0 aliphatic carbocycles. The van der Waals surface area contributed by atoms with Crippen molar-refractivity contribution < 1.29 is 18.7 Å². The van der Waals surface area contributed by atoms with E-state index >= 15 is 0 Å². The molecule has 0 spiro atoms. The summed E-state index contributed by atoms with van der Waals surface area (Å²) >= 11 is 1.71. The van der Waals surface area contributed by atoms with Gasteiger partial charge in [-0.2, -0.15) is 11.8 Å². The summed E-state index contributed by atoms with van der Waals surface area (Å²) in [6, 6.07) is 11.6. The van der Waals surface area contributed by atoms with Gasteiger partial charge in [0.15, 0.2) is 11.5 Å². The molecule has 0 aliphatic rings. The summed E-state index contributed by atoms with van der Waals surface area (Å²) in [6.07, 6.45) is 0.769. The Balaban J connectivity index is 1.76. The molecule has 0 bridgehead atoms. The van der Waals surface area contributed by atoms with Gasteiger partial charge in [-0.3, -0.25) is 4.79 Å². The summed E-state index contributed by atoms with van der Waals surface area (Å²) in [5.41, 5.74) is 1.63. The molecule has 0 unspecified atom stereocenters. The van der Waals surface area contributed by atoms with Gasteiger partial charge in [0.1, 0.15) is 12.1 Å². The molecule has 116 valence electrons. The fourth-order valence-corrected chi connectivity index (χ4v) is 2.63. The third-order valence-corrected chi connectivity index (χ3v) is 3.98. The molecule has 0 N–H and O–H groups in total. The van der Waals surface area contributed by atoms with Crippen LogP contribution in [0.25, 0.3) is 0 Å². The molecule has 0 amide bonds. The van der Waals surface area contributed by atoms with E-state index in [2.05, 4.69) is 0 Å². The fourth-order valence-electron chi connectivity index (χ4n) is 1.86. The van der Waals surface area contributed by atoms with Gasteiger partial charge in [-0.15, -0.1) is 0 Å². The van der Waals surface area contributed by atoms with Crippen LogP contribution in [-0.4, -0.2) is 25.8 Å². The van der Waals surface area contributed by atoms with Crippen LogP contribution in [0.15, 0.2) is 42.5 Å². The quantitative estimate of drug-likeness (QED) is 0.545. The van der Waals surface area contributed by atoms with Gasteiger partial charge >= 0.3 is 0 Å². The van der Waals surface area contributed by atoms with E-state index in [1.165, 1.54) is 12.1 Å². The van der Waals surface area contributed by atoms with Crippen molar-refractivity contribution in [3.63, 3.8) is 0 Å². The number of methoxy groups -OCH3 is 1. The Morgan fingerprint density at radius 3 is 2.59 bits per heavy atom. The number of carbonyl (C=O) groups excluding carboxylic acids is 1. The highest BCUT2D eigenvalue weighted by Crippen LogP contribution is 2.27. The van der Waals surface area contributed by atoms with E-state index in [4.69, 9.17) is 9.47 Å².